The van der Waals surface area contributed by atoms with Crippen LogP contribution >= 0.6 is 0 Å². The molecule has 0 radical (unpaired) electrons. The molecule has 2 nitrogen and oxygen atoms in total. The van der Waals surface area contributed by atoms with Crippen LogP contribution in [0.1, 0.15) is 56.4 Å². The fourth-order valence-electron chi connectivity index (χ4n) is 3.87. The van der Waals surface area contributed by atoms with Crippen molar-refractivity contribution in [3.8, 4) is 5.75 Å². The highest BCUT2D eigenvalue weighted by atomic mass is 28.4. The maximum absolute atomic E-state index is 6.81. The zero-order valence-electron chi connectivity index (χ0n) is 15.9. The summed E-state index contributed by atoms with van der Waals surface area (Å²) < 4.78 is 13.0. The molecule has 0 fully saturated rings. The average Bonchev–Trinajstić information content (AvgIpc) is 2.68. The van der Waals surface area contributed by atoms with Crippen molar-refractivity contribution in [1.29, 1.82) is 0 Å². The maximum atomic E-state index is 6.81. The molecule has 1 aliphatic carbocycles. The summed E-state index contributed by atoms with van der Waals surface area (Å²) in [5, 5.41) is 0. The summed E-state index contributed by atoms with van der Waals surface area (Å²) >= 11 is 0. The van der Waals surface area contributed by atoms with E-state index in [9.17, 15) is 0 Å². The van der Waals surface area contributed by atoms with Crippen molar-refractivity contribution in [2.24, 2.45) is 0 Å². The van der Waals surface area contributed by atoms with Gasteiger partial charge in [-0.15, -0.1) is 0 Å². The largest absolute Gasteiger partial charge is 0.489 e. The summed E-state index contributed by atoms with van der Waals surface area (Å²) in [6.07, 6.45) is 0.202. The Morgan fingerprint density at radius 1 is 0.880 bits per heavy atom. The van der Waals surface area contributed by atoms with Gasteiger partial charge in [-0.1, -0.05) is 70.2 Å². The number of rotatable bonds is 8. The van der Waals surface area contributed by atoms with Crippen LogP contribution in [-0.4, -0.2) is 8.32 Å². The first-order valence-electron chi connectivity index (χ1n) is 9.61. The Labute approximate surface area is 153 Å². The molecular weight excluding hydrogens is 324 g/mol. The van der Waals surface area contributed by atoms with E-state index in [2.05, 4.69) is 70.2 Å². The molecule has 0 aromatic heterocycles. The van der Waals surface area contributed by atoms with Gasteiger partial charge in [0.25, 0.3) is 0 Å². The predicted octanol–water partition coefficient (Wildman–Crippen LogP) is 6.45. The summed E-state index contributed by atoms with van der Waals surface area (Å²) in [7, 11) is -1.63. The second-order valence-corrected chi connectivity index (χ2v) is 11.8. The van der Waals surface area contributed by atoms with Crippen molar-refractivity contribution in [3.05, 3.63) is 65.2 Å². The molecular formula is C22H30O2Si. The van der Waals surface area contributed by atoms with Crippen molar-refractivity contribution in [2.45, 2.75) is 64.5 Å². The van der Waals surface area contributed by atoms with Gasteiger partial charge in [-0.3, -0.25) is 0 Å². The van der Waals surface area contributed by atoms with Crippen LogP contribution in [0, 0.1) is 0 Å². The topological polar surface area (TPSA) is 18.5 Å². The molecule has 25 heavy (non-hydrogen) atoms. The minimum atomic E-state index is -1.63. The average molecular weight is 355 g/mol. The lowest BCUT2D eigenvalue weighted by Gasteiger charge is -2.44. The van der Waals surface area contributed by atoms with E-state index in [0.717, 1.165) is 5.75 Å². The first-order valence-corrected chi connectivity index (χ1v) is 12.1. The Morgan fingerprint density at radius 3 is 2.20 bits per heavy atom. The van der Waals surface area contributed by atoms with Crippen molar-refractivity contribution < 1.29 is 9.16 Å². The first-order chi connectivity index (χ1) is 12.1. The molecule has 3 rings (SSSR count). The Bertz CT molecular complexity index is 686. The quantitative estimate of drug-likeness (QED) is 0.507. The van der Waals surface area contributed by atoms with Gasteiger partial charge < -0.3 is 9.16 Å². The number of hydrogen-bond acceptors (Lipinski definition) is 2. The molecule has 0 bridgehead atoms. The van der Waals surface area contributed by atoms with Crippen LogP contribution in [0.5, 0.6) is 5.75 Å². The molecule has 2 atom stereocenters. The van der Waals surface area contributed by atoms with Gasteiger partial charge in [-0.05, 0) is 35.3 Å². The van der Waals surface area contributed by atoms with Gasteiger partial charge in [0.1, 0.15) is 12.4 Å². The summed E-state index contributed by atoms with van der Waals surface area (Å²) in [4.78, 5) is 0. The molecule has 0 unspecified atom stereocenters. The summed E-state index contributed by atoms with van der Waals surface area (Å²) in [5.74, 6) is 1.46. The van der Waals surface area contributed by atoms with Crippen LogP contribution in [-0.2, 0) is 11.0 Å². The van der Waals surface area contributed by atoms with E-state index in [-0.39, 0.29) is 6.10 Å². The molecule has 0 spiro atoms. The summed E-state index contributed by atoms with van der Waals surface area (Å²) in [6, 6.07) is 20.3. The van der Waals surface area contributed by atoms with Crippen LogP contribution < -0.4 is 4.74 Å². The molecule has 0 saturated carbocycles. The fraction of sp³-hybridized carbons (Fsp3) is 0.455. The molecule has 0 amide bonds. The highest BCUT2D eigenvalue weighted by Gasteiger charge is 2.43. The summed E-state index contributed by atoms with van der Waals surface area (Å²) in [5.41, 5.74) is 3.88. The van der Waals surface area contributed by atoms with E-state index in [1.807, 2.05) is 6.07 Å². The smallest absolute Gasteiger partial charge is 0.192 e. The lowest BCUT2D eigenvalue weighted by Crippen LogP contribution is -2.41. The minimum Gasteiger partial charge on any atom is -0.489 e. The number of benzene rings is 2. The second kappa shape index (κ2) is 7.75. The van der Waals surface area contributed by atoms with Gasteiger partial charge in [0.2, 0.25) is 0 Å². The number of ether oxygens (including phenoxy) is 1. The highest BCUT2D eigenvalue weighted by molar-refractivity contribution is 6.73. The zero-order chi connectivity index (χ0) is 17.9. The zero-order valence-corrected chi connectivity index (χ0v) is 16.9. The minimum absolute atomic E-state index is 0.202. The molecule has 0 saturated heterocycles. The predicted molar refractivity (Wildman–Crippen MR) is 107 cm³/mol. The van der Waals surface area contributed by atoms with Crippen molar-refractivity contribution in [1.82, 2.24) is 0 Å². The molecule has 2 aromatic rings. The maximum Gasteiger partial charge on any atom is 0.192 e. The molecule has 134 valence electrons. The molecule has 3 heteroatoms. The molecule has 0 aliphatic heterocycles. The fourth-order valence-corrected chi connectivity index (χ4v) is 6.73. The third-order valence-corrected chi connectivity index (χ3v) is 10.5. The summed E-state index contributed by atoms with van der Waals surface area (Å²) in [6.45, 7) is 9.77. The van der Waals surface area contributed by atoms with E-state index in [1.165, 1.54) is 34.8 Å². The van der Waals surface area contributed by atoms with E-state index in [1.54, 1.807) is 0 Å². The lowest BCUT2D eigenvalue weighted by molar-refractivity contribution is 0.129. The molecule has 1 aliphatic rings. The van der Waals surface area contributed by atoms with Gasteiger partial charge in [0.05, 0.1) is 6.10 Å². The van der Waals surface area contributed by atoms with Crippen LogP contribution in [0.4, 0.5) is 0 Å². The van der Waals surface area contributed by atoms with Gasteiger partial charge in [0, 0.05) is 11.5 Å². The van der Waals surface area contributed by atoms with Crippen LogP contribution in [0.3, 0.4) is 0 Å². The SMILES string of the molecule is CC[Si](CC)(CC)O[C@H]1c2c(OCc3ccccc3)cccc2[C@@H]1C. The number of fused-ring (bicyclic) bond motifs is 1. The van der Waals surface area contributed by atoms with Gasteiger partial charge in [-0.25, -0.2) is 0 Å². The monoisotopic (exact) mass is 354 g/mol. The molecule has 0 N–H and O–H groups in total. The molecule has 0 heterocycles. The van der Waals surface area contributed by atoms with Crippen molar-refractivity contribution in [3.63, 3.8) is 0 Å². The van der Waals surface area contributed by atoms with Crippen LogP contribution in [0.15, 0.2) is 48.5 Å². The lowest BCUT2D eigenvalue weighted by atomic mass is 9.75. The van der Waals surface area contributed by atoms with E-state index in [4.69, 9.17) is 9.16 Å². The standard InChI is InChI=1S/C22H30O2Si/c1-5-25(6-2,7-3)24-22-17(4)19-14-11-15-20(21(19)22)23-16-18-12-9-8-10-13-18/h8-15,17,22H,5-7,16H2,1-4H3/t17-,22+/m0/s1. The van der Waals surface area contributed by atoms with Crippen LogP contribution in [0.2, 0.25) is 18.1 Å². The Morgan fingerprint density at radius 2 is 1.56 bits per heavy atom. The third-order valence-electron chi connectivity index (χ3n) is 5.88. The Kier molecular flexibility index (Phi) is 5.65. The normalized spacial score (nSPS) is 19.2. The van der Waals surface area contributed by atoms with E-state index >= 15 is 0 Å². The van der Waals surface area contributed by atoms with Crippen molar-refractivity contribution in [2.75, 3.05) is 0 Å². The van der Waals surface area contributed by atoms with Crippen LogP contribution in [0.25, 0.3) is 0 Å². The van der Waals surface area contributed by atoms with Gasteiger partial charge in [-0.2, -0.15) is 0 Å². The Hall–Kier alpha value is -1.58. The molecule has 2 aromatic carbocycles. The number of hydrogen-bond donors (Lipinski definition) is 0. The van der Waals surface area contributed by atoms with Crippen molar-refractivity contribution >= 4 is 8.32 Å². The van der Waals surface area contributed by atoms with E-state index < -0.39 is 8.32 Å². The van der Waals surface area contributed by atoms with E-state index in [0.29, 0.717) is 12.5 Å². The first kappa shape index (κ1) is 18.2. The third kappa shape index (κ3) is 3.53. The van der Waals surface area contributed by atoms with Gasteiger partial charge >= 0.3 is 0 Å². The highest BCUT2D eigenvalue weighted by Crippen LogP contribution is 2.53. The Balaban J connectivity index is 1.80. The second-order valence-electron chi connectivity index (χ2n) is 7.10. The van der Waals surface area contributed by atoms with Gasteiger partial charge in [0.15, 0.2) is 8.32 Å².